The molecule has 0 saturated carbocycles. The van der Waals surface area contributed by atoms with Crippen LogP contribution in [-0.4, -0.2) is 48.1 Å². The summed E-state index contributed by atoms with van der Waals surface area (Å²) < 4.78 is 11.7. The van der Waals surface area contributed by atoms with E-state index in [9.17, 15) is 9.90 Å². The molecule has 0 fully saturated rings. The first-order chi connectivity index (χ1) is 16.1. The van der Waals surface area contributed by atoms with E-state index in [1.165, 1.54) is 0 Å². The molecule has 0 unspecified atom stereocenters. The second kappa shape index (κ2) is 11.1. The molecular weight excluding hydrogens is 418 g/mol. The molecule has 6 heteroatoms. The van der Waals surface area contributed by atoms with Crippen molar-refractivity contribution in [1.29, 1.82) is 0 Å². The standard InChI is InChI=1S/C27H29NO5/c29-24(18-32-17-19-4-2-1-3-5-19)15-28-16-25-12-10-23-14-22(11-13-26(23)33-25)20-6-8-21(9-7-20)27(30)31/h1-9,11,13-14,24-25,28-29H,10,12,15-18H2,(H,30,31)/t24-,25-/m1/s1. The van der Waals surface area contributed by atoms with Crippen molar-refractivity contribution in [3.05, 3.63) is 89.5 Å². The molecule has 4 rings (SSSR count). The van der Waals surface area contributed by atoms with Crippen LogP contribution in [0.1, 0.15) is 27.9 Å². The molecule has 0 bridgehead atoms. The molecule has 172 valence electrons. The first-order valence-corrected chi connectivity index (χ1v) is 11.2. The number of aliphatic hydroxyl groups excluding tert-OH is 1. The lowest BCUT2D eigenvalue weighted by atomic mass is 9.96. The third-order valence-electron chi connectivity index (χ3n) is 5.73. The Morgan fingerprint density at radius 1 is 1.06 bits per heavy atom. The van der Waals surface area contributed by atoms with Gasteiger partial charge in [-0.05, 0) is 59.4 Å². The molecule has 0 radical (unpaired) electrons. The van der Waals surface area contributed by atoms with E-state index in [1.807, 2.05) is 54.6 Å². The van der Waals surface area contributed by atoms with E-state index in [4.69, 9.17) is 14.6 Å². The molecule has 3 aromatic rings. The molecule has 1 aliphatic heterocycles. The van der Waals surface area contributed by atoms with Crippen molar-refractivity contribution in [3.63, 3.8) is 0 Å². The average molecular weight is 448 g/mol. The second-order valence-corrected chi connectivity index (χ2v) is 8.30. The predicted octanol–water partition coefficient (Wildman–Crippen LogP) is 3.91. The molecule has 33 heavy (non-hydrogen) atoms. The van der Waals surface area contributed by atoms with Gasteiger partial charge in [-0.3, -0.25) is 0 Å². The molecule has 3 N–H and O–H groups in total. The summed E-state index contributed by atoms with van der Waals surface area (Å²) in [5.41, 5.74) is 4.55. The number of rotatable bonds is 10. The number of aliphatic hydroxyl groups is 1. The highest BCUT2D eigenvalue weighted by atomic mass is 16.5. The first-order valence-electron chi connectivity index (χ1n) is 11.2. The van der Waals surface area contributed by atoms with Crippen molar-refractivity contribution in [1.82, 2.24) is 5.32 Å². The minimum absolute atomic E-state index is 0.0515. The van der Waals surface area contributed by atoms with E-state index in [1.54, 1.807) is 12.1 Å². The molecule has 0 saturated heterocycles. The van der Waals surface area contributed by atoms with Gasteiger partial charge in [0.1, 0.15) is 11.9 Å². The third-order valence-corrected chi connectivity index (χ3v) is 5.73. The largest absolute Gasteiger partial charge is 0.489 e. The Morgan fingerprint density at radius 2 is 1.82 bits per heavy atom. The molecule has 0 aromatic heterocycles. The van der Waals surface area contributed by atoms with E-state index < -0.39 is 12.1 Å². The number of nitrogens with one attached hydrogen (secondary N) is 1. The molecule has 1 aliphatic rings. The van der Waals surface area contributed by atoms with Crippen LogP contribution < -0.4 is 10.1 Å². The number of carboxylic acid groups (broad SMARTS) is 1. The SMILES string of the molecule is O=C(O)c1ccc(-c2ccc3c(c2)CC[C@H](CNC[C@@H](O)COCc2ccccc2)O3)cc1. The van der Waals surface area contributed by atoms with Crippen LogP contribution in [0.15, 0.2) is 72.8 Å². The van der Waals surface area contributed by atoms with Crippen molar-refractivity contribution >= 4 is 5.97 Å². The number of hydrogen-bond donors (Lipinski definition) is 3. The zero-order valence-corrected chi connectivity index (χ0v) is 18.4. The van der Waals surface area contributed by atoms with Gasteiger partial charge in [0.15, 0.2) is 0 Å². The van der Waals surface area contributed by atoms with Crippen LogP contribution in [0.2, 0.25) is 0 Å². The Bertz CT molecular complexity index is 1050. The fourth-order valence-electron chi connectivity index (χ4n) is 3.93. The molecule has 0 amide bonds. The number of carboxylic acids is 1. The molecule has 1 heterocycles. The number of aromatic carboxylic acids is 1. The maximum Gasteiger partial charge on any atom is 0.335 e. The summed E-state index contributed by atoms with van der Waals surface area (Å²) in [6.07, 6.45) is 1.28. The van der Waals surface area contributed by atoms with Crippen LogP contribution in [-0.2, 0) is 17.8 Å². The van der Waals surface area contributed by atoms with Crippen LogP contribution >= 0.6 is 0 Å². The van der Waals surface area contributed by atoms with E-state index in [2.05, 4.69) is 11.4 Å². The first kappa shape index (κ1) is 23.0. The lowest BCUT2D eigenvalue weighted by molar-refractivity contribution is 0.0274. The zero-order chi connectivity index (χ0) is 23.0. The zero-order valence-electron chi connectivity index (χ0n) is 18.4. The van der Waals surface area contributed by atoms with Crippen LogP contribution in [0.3, 0.4) is 0 Å². The monoisotopic (exact) mass is 447 g/mol. The Balaban J connectivity index is 1.21. The second-order valence-electron chi connectivity index (χ2n) is 8.30. The van der Waals surface area contributed by atoms with Crippen LogP contribution in [0.25, 0.3) is 11.1 Å². The Morgan fingerprint density at radius 3 is 2.58 bits per heavy atom. The van der Waals surface area contributed by atoms with E-state index in [-0.39, 0.29) is 18.3 Å². The molecule has 0 spiro atoms. The fourth-order valence-corrected chi connectivity index (χ4v) is 3.93. The van der Waals surface area contributed by atoms with Gasteiger partial charge in [0.2, 0.25) is 0 Å². The highest BCUT2D eigenvalue weighted by Crippen LogP contribution is 2.32. The number of ether oxygens (including phenoxy) is 2. The predicted molar refractivity (Wildman–Crippen MR) is 127 cm³/mol. The lowest BCUT2D eigenvalue weighted by Crippen LogP contribution is -2.38. The molecule has 0 aliphatic carbocycles. The quantitative estimate of drug-likeness (QED) is 0.437. The van der Waals surface area contributed by atoms with Crippen molar-refractivity contribution in [2.24, 2.45) is 0 Å². The van der Waals surface area contributed by atoms with Gasteiger partial charge >= 0.3 is 5.97 Å². The number of carbonyl (C=O) groups is 1. The third kappa shape index (κ3) is 6.42. The lowest BCUT2D eigenvalue weighted by Gasteiger charge is -2.27. The van der Waals surface area contributed by atoms with E-state index >= 15 is 0 Å². The van der Waals surface area contributed by atoms with E-state index in [0.717, 1.165) is 40.8 Å². The molecular formula is C27H29NO5. The smallest absolute Gasteiger partial charge is 0.335 e. The summed E-state index contributed by atoms with van der Waals surface area (Å²) in [7, 11) is 0. The molecule has 3 aromatic carbocycles. The fraction of sp³-hybridized carbons (Fsp3) is 0.296. The van der Waals surface area contributed by atoms with Gasteiger partial charge in [-0.15, -0.1) is 0 Å². The summed E-state index contributed by atoms with van der Waals surface area (Å²) in [5, 5.41) is 22.5. The summed E-state index contributed by atoms with van der Waals surface area (Å²) in [4.78, 5) is 11.0. The topological polar surface area (TPSA) is 88.0 Å². The molecule has 2 atom stereocenters. The van der Waals surface area contributed by atoms with Crippen LogP contribution in [0, 0.1) is 0 Å². The summed E-state index contributed by atoms with van der Waals surface area (Å²) >= 11 is 0. The number of hydrogen-bond acceptors (Lipinski definition) is 5. The Labute approximate surface area is 193 Å². The Hall–Kier alpha value is -3.19. The summed E-state index contributed by atoms with van der Waals surface area (Å²) in [6.45, 7) is 1.89. The molecule has 6 nitrogen and oxygen atoms in total. The number of benzene rings is 3. The summed E-state index contributed by atoms with van der Waals surface area (Å²) in [6, 6.07) is 22.9. The summed E-state index contributed by atoms with van der Waals surface area (Å²) in [5.74, 6) is -0.0435. The minimum atomic E-state index is -0.924. The number of fused-ring (bicyclic) bond motifs is 1. The van der Waals surface area contributed by atoms with Gasteiger partial charge in [0.25, 0.3) is 0 Å². The van der Waals surface area contributed by atoms with Crippen molar-refractivity contribution in [3.8, 4) is 16.9 Å². The van der Waals surface area contributed by atoms with Gasteiger partial charge < -0.3 is 25.0 Å². The maximum atomic E-state index is 11.0. The van der Waals surface area contributed by atoms with Gasteiger partial charge in [-0.1, -0.05) is 48.5 Å². The number of aryl methyl sites for hydroxylation is 1. The van der Waals surface area contributed by atoms with Crippen LogP contribution in [0.4, 0.5) is 0 Å². The van der Waals surface area contributed by atoms with Crippen molar-refractivity contribution in [2.75, 3.05) is 19.7 Å². The Kier molecular flexibility index (Phi) is 7.73. The highest BCUT2D eigenvalue weighted by molar-refractivity contribution is 5.88. The van der Waals surface area contributed by atoms with Crippen molar-refractivity contribution in [2.45, 2.75) is 31.7 Å². The van der Waals surface area contributed by atoms with Crippen LogP contribution in [0.5, 0.6) is 5.75 Å². The van der Waals surface area contributed by atoms with E-state index in [0.29, 0.717) is 19.7 Å². The van der Waals surface area contributed by atoms with Gasteiger partial charge in [-0.25, -0.2) is 4.79 Å². The minimum Gasteiger partial charge on any atom is -0.489 e. The maximum absolute atomic E-state index is 11.0. The van der Waals surface area contributed by atoms with Gasteiger partial charge in [-0.2, -0.15) is 0 Å². The average Bonchev–Trinajstić information content (AvgIpc) is 2.84. The highest BCUT2D eigenvalue weighted by Gasteiger charge is 2.20. The van der Waals surface area contributed by atoms with Gasteiger partial charge in [0.05, 0.1) is 24.9 Å². The van der Waals surface area contributed by atoms with Crippen molar-refractivity contribution < 1.29 is 24.5 Å². The van der Waals surface area contributed by atoms with Gasteiger partial charge in [0, 0.05) is 13.1 Å². The normalized spacial score (nSPS) is 16.0.